The molecule has 1 aliphatic carbocycles. The van der Waals surface area contributed by atoms with Crippen molar-refractivity contribution < 1.29 is 19.3 Å². The fourth-order valence-electron chi connectivity index (χ4n) is 2.87. The van der Waals surface area contributed by atoms with Gasteiger partial charge in [0.15, 0.2) is 11.5 Å². The van der Waals surface area contributed by atoms with Crippen LogP contribution in [0.3, 0.4) is 0 Å². The predicted octanol–water partition coefficient (Wildman–Crippen LogP) is 2.86. The zero-order valence-corrected chi connectivity index (χ0v) is 11.9. The number of aliphatic hydroxyl groups is 1. The van der Waals surface area contributed by atoms with Gasteiger partial charge in [-0.3, -0.25) is 0 Å². The lowest BCUT2D eigenvalue weighted by molar-refractivity contribution is -0.00290. The molecule has 0 unspecified atom stereocenters. The Balaban J connectivity index is 2.50. The molecule has 106 valence electrons. The van der Waals surface area contributed by atoms with Gasteiger partial charge in [-0.05, 0) is 25.0 Å². The van der Waals surface area contributed by atoms with Crippen LogP contribution in [0.15, 0.2) is 12.1 Å². The Morgan fingerprint density at radius 3 is 2.05 bits per heavy atom. The number of ether oxygens (including phenoxy) is 3. The van der Waals surface area contributed by atoms with Crippen molar-refractivity contribution in [1.29, 1.82) is 0 Å². The van der Waals surface area contributed by atoms with Crippen molar-refractivity contribution in [3.8, 4) is 17.2 Å². The highest BCUT2D eigenvalue weighted by atomic mass is 16.5. The molecule has 4 nitrogen and oxygen atoms in total. The highest BCUT2D eigenvalue weighted by Gasteiger charge is 2.35. The van der Waals surface area contributed by atoms with Gasteiger partial charge in [-0.1, -0.05) is 19.3 Å². The summed E-state index contributed by atoms with van der Waals surface area (Å²) >= 11 is 0. The Labute approximate surface area is 114 Å². The number of hydrogen-bond donors (Lipinski definition) is 1. The normalized spacial score (nSPS) is 17.9. The van der Waals surface area contributed by atoms with E-state index in [0.29, 0.717) is 17.2 Å². The van der Waals surface area contributed by atoms with E-state index in [-0.39, 0.29) is 0 Å². The summed E-state index contributed by atoms with van der Waals surface area (Å²) in [6.45, 7) is 0. The van der Waals surface area contributed by atoms with Gasteiger partial charge in [0.1, 0.15) is 0 Å². The Morgan fingerprint density at radius 1 is 0.895 bits per heavy atom. The molecular formula is C15H22O4. The van der Waals surface area contributed by atoms with E-state index in [1.165, 1.54) is 6.42 Å². The molecule has 0 aromatic heterocycles. The zero-order valence-electron chi connectivity index (χ0n) is 11.9. The topological polar surface area (TPSA) is 47.9 Å². The van der Waals surface area contributed by atoms with Gasteiger partial charge < -0.3 is 19.3 Å². The molecule has 0 atom stereocenters. The van der Waals surface area contributed by atoms with Gasteiger partial charge >= 0.3 is 0 Å². The van der Waals surface area contributed by atoms with Gasteiger partial charge in [-0.15, -0.1) is 0 Å². The Hall–Kier alpha value is -1.42. The van der Waals surface area contributed by atoms with Gasteiger partial charge in [0.05, 0.1) is 26.9 Å². The largest absolute Gasteiger partial charge is 0.493 e. The highest BCUT2D eigenvalue weighted by Crippen LogP contribution is 2.47. The van der Waals surface area contributed by atoms with Crippen molar-refractivity contribution in [2.45, 2.75) is 37.7 Å². The first-order valence-corrected chi connectivity index (χ1v) is 6.68. The minimum atomic E-state index is -0.816. The van der Waals surface area contributed by atoms with E-state index in [2.05, 4.69) is 0 Å². The van der Waals surface area contributed by atoms with Crippen LogP contribution < -0.4 is 14.2 Å². The minimum absolute atomic E-state index is 0.543. The molecule has 1 fully saturated rings. The molecule has 0 amide bonds. The first-order valence-electron chi connectivity index (χ1n) is 6.68. The SMILES string of the molecule is COc1ccc(C2(O)CCCCC2)c(OC)c1OC. The third kappa shape index (κ3) is 2.50. The first-order chi connectivity index (χ1) is 9.16. The molecule has 0 spiro atoms. The summed E-state index contributed by atoms with van der Waals surface area (Å²) in [5.74, 6) is 1.73. The van der Waals surface area contributed by atoms with Crippen LogP contribution in [0.1, 0.15) is 37.7 Å². The van der Waals surface area contributed by atoms with Gasteiger partial charge in [0.25, 0.3) is 0 Å². The average Bonchev–Trinajstić information content (AvgIpc) is 2.46. The van der Waals surface area contributed by atoms with Crippen LogP contribution in [0.4, 0.5) is 0 Å². The van der Waals surface area contributed by atoms with Gasteiger partial charge in [-0.2, -0.15) is 0 Å². The molecule has 1 N–H and O–H groups in total. The molecule has 1 aliphatic rings. The summed E-state index contributed by atoms with van der Waals surface area (Å²) in [5, 5.41) is 10.9. The van der Waals surface area contributed by atoms with Crippen molar-refractivity contribution in [3.05, 3.63) is 17.7 Å². The molecule has 2 rings (SSSR count). The standard InChI is InChI=1S/C15H22O4/c1-17-12-8-7-11(13(18-2)14(12)19-3)15(16)9-5-4-6-10-15/h7-8,16H,4-6,9-10H2,1-3H3. The van der Waals surface area contributed by atoms with E-state index < -0.39 is 5.60 Å². The smallest absolute Gasteiger partial charge is 0.203 e. The molecule has 0 bridgehead atoms. The Kier molecular flexibility index (Phi) is 4.20. The quantitative estimate of drug-likeness (QED) is 0.910. The van der Waals surface area contributed by atoms with E-state index in [1.54, 1.807) is 21.3 Å². The molecule has 1 aromatic carbocycles. The highest BCUT2D eigenvalue weighted by molar-refractivity contribution is 5.57. The van der Waals surface area contributed by atoms with E-state index in [0.717, 1.165) is 31.2 Å². The molecule has 19 heavy (non-hydrogen) atoms. The van der Waals surface area contributed by atoms with Gasteiger partial charge in [0.2, 0.25) is 5.75 Å². The van der Waals surface area contributed by atoms with Crippen molar-refractivity contribution >= 4 is 0 Å². The fraction of sp³-hybridized carbons (Fsp3) is 0.600. The first kappa shape index (κ1) is 14.0. The van der Waals surface area contributed by atoms with Gasteiger partial charge in [-0.25, -0.2) is 0 Å². The maximum absolute atomic E-state index is 10.9. The maximum atomic E-state index is 10.9. The molecule has 0 aliphatic heterocycles. The minimum Gasteiger partial charge on any atom is -0.493 e. The van der Waals surface area contributed by atoms with Crippen LogP contribution >= 0.6 is 0 Å². The van der Waals surface area contributed by atoms with Crippen molar-refractivity contribution in [3.63, 3.8) is 0 Å². The Morgan fingerprint density at radius 2 is 1.53 bits per heavy atom. The lowest BCUT2D eigenvalue weighted by atomic mass is 9.79. The van der Waals surface area contributed by atoms with E-state index in [1.807, 2.05) is 12.1 Å². The summed E-state index contributed by atoms with van der Waals surface area (Å²) in [7, 11) is 4.76. The molecule has 4 heteroatoms. The van der Waals surface area contributed by atoms with Crippen molar-refractivity contribution in [1.82, 2.24) is 0 Å². The van der Waals surface area contributed by atoms with E-state index in [4.69, 9.17) is 14.2 Å². The number of benzene rings is 1. The predicted molar refractivity (Wildman–Crippen MR) is 73.1 cm³/mol. The second kappa shape index (κ2) is 5.70. The van der Waals surface area contributed by atoms with Crippen LogP contribution in [-0.4, -0.2) is 26.4 Å². The monoisotopic (exact) mass is 266 g/mol. The summed E-state index contributed by atoms with van der Waals surface area (Å²) in [6, 6.07) is 3.70. The average molecular weight is 266 g/mol. The maximum Gasteiger partial charge on any atom is 0.203 e. The summed E-state index contributed by atoms with van der Waals surface area (Å²) < 4.78 is 16.1. The van der Waals surface area contributed by atoms with Crippen LogP contribution in [-0.2, 0) is 5.60 Å². The molecule has 1 aromatic rings. The zero-order chi connectivity index (χ0) is 13.9. The lowest BCUT2D eigenvalue weighted by Crippen LogP contribution is -2.29. The van der Waals surface area contributed by atoms with Crippen molar-refractivity contribution in [2.24, 2.45) is 0 Å². The second-order valence-corrected chi connectivity index (χ2v) is 4.97. The van der Waals surface area contributed by atoms with Crippen LogP contribution in [0.2, 0.25) is 0 Å². The van der Waals surface area contributed by atoms with Gasteiger partial charge in [0, 0.05) is 5.56 Å². The summed E-state index contributed by atoms with van der Waals surface area (Å²) in [6.07, 6.45) is 4.78. The summed E-state index contributed by atoms with van der Waals surface area (Å²) in [4.78, 5) is 0. The van der Waals surface area contributed by atoms with Crippen molar-refractivity contribution in [2.75, 3.05) is 21.3 Å². The van der Waals surface area contributed by atoms with E-state index >= 15 is 0 Å². The molecular weight excluding hydrogens is 244 g/mol. The molecule has 0 radical (unpaired) electrons. The number of rotatable bonds is 4. The number of methoxy groups -OCH3 is 3. The summed E-state index contributed by atoms with van der Waals surface area (Å²) in [5.41, 5.74) is -0.0179. The lowest BCUT2D eigenvalue weighted by Gasteiger charge is -2.34. The number of hydrogen-bond acceptors (Lipinski definition) is 4. The van der Waals surface area contributed by atoms with E-state index in [9.17, 15) is 5.11 Å². The van der Waals surface area contributed by atoms with Crippen LogP contribution in [0, 0.1) is 0 Å². The third-order valence-electron chi connectivity index (χ3n) is 3.89. The molecule has 0 heterocycles. The molecule has 0 saturated heterocycles. The fourth-order valence-corrected chi connectivity index (χ4v) is 2.87. The van der Waals surface area contributed by atoms with Crippen LogP contribution in [0.25, 0.3) is 0 Å². The molecule has 1 saturated carbocycles. The second-order valence-electron chi connectivity index (χ2n) is 4.97. The Bertz CT molecular complexity index is 436. The van der Waals surface area contributed by atoms with Crippen LogP contribution in [0.5, 0.6) is 17.2 Å². The third-order valence-corrected chi connectivity index (χ3v) is 3.89.